The van der Waals surface area contributed by atoms with E-state index in [4.69, 9.17) is 4.74 Å². The van der Waals surface area contributed by atoms with Gasteiger partial charge in [-0.15, -0.1) is 11.3 Å². The fourth-order valence-corrected chi connectivity index (χ4v) is 3.37. The van der Waals surface area contributed by atoms with Crippen molar-refractivity contribution in [2.75, 3.05) is 5.43 Å². The van der Waals surface area contributed by atoms with E-state index in [1.54, 1.807) is 0 Å². The number of carbonyl (C=O) groups is 1. The molecule has 1 aromatic heterocycles. The normalized spacial score (nSPS) is 19.9. The third kappa shape index (κ3) is 3.94. The average molecular weight is 343 g/mol. The van der Waals surface area contributed by atoms with Gasteiger partial charge in [0.15, 0.2) is 0 Å². The van der Waals surface area contributed by atoms with Crippen LogP contribution in [0.2, 0.25) is 0 Å². The first-order valence-electron chi connectivity index (χ1n) is 7.87. The number of carbonyl (C=O) groups excluding carboxylic acids is 1. The molecule has 0 aliphatic carbocycles. The highest BCUT2D eigenvalue weighted by molar-refractivity contribution is 7.14. The van der Waals surface area contributed by atoms with Gasteiger partial charge in [-0.05, 0) is 26.8 Å². The largest absolute Gasteiger partial charge is 0.459 e. The number of anilines is 1. The van der Waals surface area contributed by atoms with Gasteiger partial charge < -0.3 is 10.2 Å². The predicted molar refractivity (Wildman–Crippen MR) is 96.3 cm³/mol. The molecule has 6 heteroatoms. The highest BCUT2D eigenvalue weighted by atomic mass is 32.1. The third-order valence-corrected chi connectivity index (χ3v) is 4.54. The Morgan fingerprint density at radius 1 is 1.38 bits per heavy atom. The molecule has 5 nitrogen and oxygen atoms in total. The van der Waals surface area contributed by atoms with Crippen molar-refractivity contribution in [3.8, 4) is 11.3 Å². The van der Waals surface area contributed by atoms with Crippen LogP contribution in [-0.4, -0.2) is 16.6 Å². The van der Waals surface area contributed by atoms with Gasteiger partial charge in [-0.25, -0.2) is 4.98 Å². The number of benzene rings is 1. The Morgan fingerprint density at radius 3 is 2.79 bits per heavy atom. The van der Waals surface area contributed by atoms with E-state index < -0.39 is 0 Å². The summed E-state index contributed by atoms with van der Waals surface area (Å²) >= 11 is 1.53. The standard InChI is InChI=1S/C18H21N3O2S/c1-12(9-14-10-18(2,3)23-16(14)22)20-21-17-19-15(11-24-17)13-7-5-4-6-8-13/h4-9,11,14,20H,10H2,1-3H3,(H,19,21)/b12-9+/t14-/m1/s1. The maximum absolute atomic E-state index is 11.8. The van der Waals surface area contributed by atoms with Crippen molar-refractivity contribution in [3.63, 3.8) is 0 Å². The van der Waals surface area contributed by atoms with E-state index in [9.17, 15) is 4.79 Å². The Balaban J connectivity index is 1.59. The summed E-state index contributed by atoms with van der Waals surface area (Å²) in [6.07, 6.45) is 2.59. The number of cyclic esters (lactones) is 1. The van der Waals surface area contributed by atoms with Crippen LogP contribution in [0.3, 0.4) is 0 Å². The Hall–Kier alpha value is -2.34. The first-order chi connectivity index (χ1) is 11.4. The number of thiazole rings is 1. The number of hydrogen-bond acceptors (Lipinski definition) is 6. The molecule has 2 N–H and O–H groups in total. The second kappa shape index (κ2) is 6.65. The number of rotatable bonds is 5. The van der Waals surface area contributed by atoms with Crippen LogP contribution in [-0.2, 0) is 9.53 Å². The molecular formula is C18H21N3O2S. The summed E-state index contributed by atoms with van der Waals surface area (Å²) in [4.78, 5) is 16.4. The zero-order chi connectivity index (χ0) is 17.2. The third-order valence-electron chi connectivity index (χ3n) is 3.78. The summed E-state index contributed by atoms with van der Waals surface area (Å²) in [5.74, 6) is -0.368. The number of ether oxygens (including phenoxy) is 1. The highest BCUT2D eigenvalue weighted by Crippen LogP contribution is 2.31. The Bertz CT molecular complexity index is 753. The number of hydrogen-bond donors (Lipinski definition) is 2. The highest BCUT2D eigenvalue weighted by Gasteiger charge is 2.38. The zero-order valence-electron chi connectivity index (χ0n) is 14.0. The quantitative estimate of drug-likeness (QED) is 0.635. The predicted octanol–water partition coefficient (Wildman–Crippen LogP) is 3.97. The summed E-state index contributed by atoms with van der Waals surface area (Å²) in [5.41, 5.74) is 8.68. The van der Waals surface area contributed by atoms with Gasteiger partial charge in [0.1, 0.15) is 5.60 Å². The van der Waals surface area contributed by atoms with E-state index in [0.717, 1.165) is 22.1 Å². The first kappa shape index (κ1) is 16.5. The molecule has 0 unspecified atom stereocenters. The van der Waals surface area contributed by atoms with Gasteiger partial charge in [0.05, 0.1) is 11.6 Å². The monoisotopic (exact) mass is 343 g/mol. The summed E-state index contributed by atoms with van der Waals surface area (Å²) in [5, 5.41) is 2.78. The minimum absolute atomic E-state index is 0.165. The molecule has 0 amide bonds. The zero-order valence-corrected chi connectivity index (χ0v) is 14.8. The maximum atomic E-state index is 11.8. The van der Waals surface area contributed by atoms with Gasteiger partial charge in [0.25, 0.3) is 0 Å². The van der Waals surface area contributed by atoms with E-state index in [0.29, 0.717) is 6.42 Å². The number of nitrogens with zero attached hydrogens (tertiary/aromatic N) is 1. The molecule has 0 bridgehead atoms. The van der Waals surface area contributed by atoms with Crippen LogP contribution in [0.5, 0.6) is 0 Å². The Kier molecular flexibility index (Phi) is 4.57. The molecule has 2 aromatic rings. The Labute approximate surface area is 145 Å². The number of allylic oxidation sites excluding steroid dienone is 1. The molecule has 2 heterocycles. The van der Waals surface area contributed by atoms with Crippen LogP contribution in [0, 0.1) is 5.92 Å². The SMILES string of the molecule is C/C(=C\[C@@H]1CC(C)(C)OC1=O)NNc1nc(-c2ccccc2)cs1. The number of esters is 1. The second-order valence-corrected chi connectivity index (χ2v) is 7.35. The lowest BCUT2D eigenvalue weighted by Gasteiger charge is -2.14. The summed E-state index contributed by atoms with van der Waals surface area (Å²) in [6, 6.07) is 10.0. The van der Waals surface area contributed by atoms with Gasteiger partial charge in [-0.3, -0.25) is 10.2 Å². The first-order valence-corrected chi connectivity index (χ1v) is 8.75. The lowest BCUT2D eigenvalue weighted by molar-refractivity contribution is -0.147. The molecule has 3 rings (SSSR count). The van der Waals surface area contributed by atoms with E-state index >= 15 is 0 Å². The summed E-state index contributed by atoms with van der Waals surface area (Å²) < 4.78 is 5.34. The molecule has 126 valence electrons. The fraction of sp³-hybridized carbons (Fsp3) is 0.333. The van der Waals surface area contributed by atoms with Crippen LogP contribution in [0.15, 0.2) is 47.5 Å². The summed E-state index contributed by atoms with van der Waals surface area (Å²) in [6.45, 7) is 5.78. The molecule has 24 heavy (non-hydrogen) atoms. The summed E-state index contributed by atoms with van der Waals surface area (Å²) in [7, 11) is 0. The number of hydrazine groups is 1. The van der Waals surface area contributed by atoms with Crippen LogP contribution >= 0.6 is 11.3 Å². The van der Waals surface area contributed by atoms with Gasteiger partial charge in [-0.1, -0.05) is 30.3 Å². The maximum Gasteiger partial charge on any atom is 0.313 e. The van der Waals surface area contributed by atoms with Crippen LogP contribution in [0.25, 0.3) is 11.3 Å². The molecule has 1 saturated heterocycles. The number of aromatic nitrogens is 1. The van der Waals surface area contributed by atoms with Gasteiger partial charge in [0.2, 0.25) is 5.13 Å². The Morgan fingerprint density at radius 2 is 2.12 bits per heavy atom. The second-order valence-electron chi connectivity index (χ2n) is 6.50. The molecule has 0 spiro atoms. The van der Waals surface area contributed by atoms with Gasteiger partial charge in [-0.2, -0.15) is 0 Å². The van der Waals surface area contributed by atoms with Crippen molar-refractivity contribution in [1.29, 1.82) is 0 Å². The molecule has 1 fully saturated rings. The van der Waals surface area contributed by atoms with E-state index in [1.807, 2.05) is 62.6 Å². The van der Waals surface area contributed by atoms with Crippen LogP contribution in [0.4, 0.5) is 5.13 Å². The van der Waals surface area contributed by atoms with Crippen molar-refractivity contribution < 1.29 is 9.53 Å². The fourth-order valence-electron chi connectivity index (χ4n) is 2.70. The van der Waals surface area contributed by atoms with Crippen LogP contribution < -0.4 is 10.9 Å². The number of nitrogens with one attached hydrogen (secondary N) is 2. The van der Waals surface area contributed by atoms with Crippen molar-refractivity contribution >= 4 is 22.4 Å². The minimum Gasteiger partial charge on any atom is -0.459 e. The lowest BCUT2D eigenvalue weighted by atomic mass is 9.97. The van der Waals surface area contributed by atoms with Crippen molar-refractivity contribution in [3.05, 3.63) is 47.5 Å². The van der Waals surface area contributed by atoms with Crippen molar-refractivity contribution in [2.24, 2.45) is 5.92 Å². The van der Waals surface area contributed by atoms with Crippen molar-refractivity contribution in [2.45, 2.75) is 32.8 Å². The molecule has 1 aliphatic rings. The topological polar surface area (TPSA) is 63.2 Å². The van der Waals surface area contributed by atoms with Crippen LogP contribution in [0.1, 0.15) is 27.2 Å². The van der Waals surface area contributed by atoms with Gasteiger partial charge in [0, 0.05) is 23.1 Å². The molecule has 0 radical (unpaired) electrons. The van der Waals surface area contributed by atoms with Crippen molar-refractivity contribution in [1.82, 2.24) is 10.4 Å². The molecule has 0 saturated carbocycles. The van der Waals surface area contributed by atoms with E-state index in [-0.39, 0.29) is 17.5 Å². The average Bonchev–Trinajstić information content (AvgIpc) is 3.10. The molecular weight excluding hydrogens is 322 g/mol. The van der Waals surface area contributed by atoms with E-state index in [2.05, 4.69) is 15.8 Å². The molecule has 1 aliphatic heterocycles. The lowest BCUT2D eigenvalue weighted by Crippen LogP contribution is -2.20. The minimum atomic E-state index is -0.383. The molecule has 1 aromatic carbocycles. The molecule has 1 atom stereocenters. The van der Waals surface area contributed by atoms with E-state index in [1.165, 1.54) is 11.3 Å². The van der Waals surface area contributed by atoms with Gasteiger partial charge >= 0.3 is 5.97 Å². The smallest absolute Gasteiger partial charge is 0.313 e.